The first-order chi connectivity index (χ1) is 11.5. The molecule has 1 N–H and O–H groups in total. The summed E-state index contributed by atoms with van der Waals surface area (Å²) in [5.41, 5.74) is 0.855. The number of anilines is 1. The van der Waals surface area contributed by atoms with Crippen LogP contribution in [0.25, 0.3) is 0 Å². The molecule has 0 aromatic heterocycles. The second-order valence-corrected chi connectivity index (χ2v) is 6.05. The molecule has 0 spiro atoms. The Labute approximate surface area is 148 Å². The highest BCUT2D eigenvalue weighted by Gasteiger charge is 2.15. The summed E-state index contributed by atoms with van der Waals surface area (Å²) in [6.45, 7) is 5.02. The van der Waals surface area contributed by atoms with E-state index in [0.29, 0.717) is 28.8 Å². The van der Waals surface area contributed by atoms with Crippen LogP contribution in [-0.2, 0) is 0 Å². The van der Waals surface area contributed by atoms with Crippen LogP contribution in [-0.4, -0.2) is 29.8 Å². The van der Waals surface area contributed by atoms with Crippen LogP contribution < -0.4 is 5.32 Å². The van der Waals surface area contributed by atoms with Gasteiger partial charge < -0.3 is 10.2 Å². The third-order valence-electron chi connectivity index (χ3n) is 3.59. The minimum Gasteiger partial charge on any atom is -0.339 e. The van der Waals surface area contributed by atoms with Gasteiger partial charge in [-0.2, -0.15) is 0 Å². The summed E-state index contributed by atoms with van der Waals surface area (Å²) >= 11 is 3.22. The molecule has 0 bridgehead atoms. The fourth-order valence-corrected chi connectivity index (χ4v) is 2.65. The zero-order chi connectivity index (χ0) is 17.7. The van der Waals surface area contributed by atoms with E-state index in [1.165, 1.54) is 18.2 Å². The summed E-state index contributed by atoms with van der Waals surface area (Å²) in [5.74, 6) is -1.28. The van der Waals surface area contributed by atoms with Gasteiger partial charge in [0.1, 0.15) is 5.82 Å². The standard InChI is InChI=1S/C18H18BrFN2O2/c1-3-22(4-2)18(24)12-6-5-7-14(10-12)21-17(23)15-11-13(19)8-9-16(15)20/h5-11H,3-4H2,1-2H3,(H,21,23). The van der Waals surface area contributed by atoms with E-state index in [4.69, 9.17) is 0 Å². The average Bonchev–Trinajstić information content (AvgIpc) is 2.58. The molecule has 0 saturated carbocycles. The van der Waals surface area contributed by atoms with Crippen molar-refractivity contribution < 1.29 is 14.0 Å². The van der Waals surface area contributed by atoms with Crippen LogP contribution in [0.1, 0.15) is 34.6 Å². The Balaban J connectivity index is 2.22. The van der Waals surface area contributed by atoms with Crippen molar-refractivity contribution in [2.75, 3.05) is 18.4 Å². The lowest BCUT2D eigenvalue weighted by Crippen LogP contribution is -2.30. The summed E-state index contributed by atoms with van der Waals surface area (Å²) < 4.78 is 14.4. The first kappa shape index (κ1) is 18.1. The monoisotopic (exact) mass is 392 g/mol. The Hall–Kier alpha value is -2.21. The number of carbonyl (C=O) groups excluding carboxylic acids is 2. The number of rotatable bonds is 5. The van der Waals surface area contributed by atoms with E-state index in [-0.39, 0.29) is 11.5 Å². The summed E-state index contributed by atoms with van der Waals surface area (Å²) in [6, 6.07) is 10.8. The van der Waals surface area contributed by atoms with Crippen molar-refractivity contribution in [1.82, 2.24) is 4.90 Å². The van der Waals surface area contributed by atoms with Crippen LogP contribution in [0.15, 0.2) is 46.9 Å². The van der Waals surface area contributed by atoms with Gasteiger partial charge in [0, 0.05) is 28.8 Å². The molecule has 0 radical (unpaired) electrons. The van der Waals surface area contributed by atoms with Crippen LogP contribution >= 0.6 is 15.9 Å². The summed E-state index contributed by atoms with van der Waals surface area (Å²) in [4.78, 5) is 26.3. The topological polar surface area (TPSA) is 49.4 Å². The van der Waals surface area contributed by atoms with Gasteiger partial charge >= 0.3 is 0 Å². The Morgan fingerprint density at radius 3 is 2.50 bits per heavy atom. The van der Waals surface area contributed by atoms with Crippen molar-refractivity contribution in [3.63, 3.8) is 0 Å². The van der Waals surface area contributed by atoms with Crippen LogP contribution in [0.2, 0.25) is 0 Å². The summed E-state index contributed by atoms with van der Waals surface area (Å²) in [5, 5.41) is 2.63. The normalized spacial score (nSPS) is 10.3. The fourth-order valence-electron chi connectivity index (χ4n) is 2.29. The van der Waals surface area contributed by atoms with Crippen LogP contribution in [0.4, 0.5) is 10.1 Å². The van der Waals surface area contributed by atoms with E-state index in [2.05, 4.69) is 21.2 Å². The Morgan fingerprint density at radius 1 is 1.12 bits per heavy atom. The number of hydrogen-bond donors (Lipinski definition) is 1. The van der Waals surface area contributed by atoms with Gasteiger partial charge in [-0.05, 0) is 50.2 Å². The maximum atomic E-state index is 13.8. The molecule has 0 aliphatic rings. The average molecular weight is 393 g/mol. The van der Waals surface area contributed by atoms with E-state index in [9.17, 15) is 14.0 Å². The van der Waals surface area contributed by atoms with E-state index in [1.54, 1.807) is 29.2 Å². The predicted octanol–water partition coefficient (Wildman–Crippen LogP) is 4.32. The maximum absolute atomic E-state index is 13.8. The van der Waals surface area contributed by atoms with Crippen molar-refractivity contribution in [2.24, 2.45) is 0 Å². The number of nitrogens with one attached hydrogen (secondary N) is 1. The van der Waals surface area contributed by atoms with Gasteiger partial charge in [-0.3, -0.25) is 9.59 Å². The molecule has 0 aliphatic heterocycles. The fraction of sp³-hybridized carbons (Fsp3) is 0.222. The number of amides is 2. The first-order valence-electron chi connectivity index (χ1n) is 7.62. The molecule has 0 unspecified atom stereocenters. The number of carbonyl (C=O) groups is 2. The third kappa shape index (κ3) is 4.20. The molecule has 0 atom stereocenters. The Morgan fingerprint density at radius 2 is 1.83 bits per heavy atom. The van der Waals surface area contributed by atoms with Gasteiger partial charge in [-0.15, -0.1) is 0 Å². The van der Waals surface area contributed by atoms with Crippen molar-refractivity contribution in [3.8, 4) is 0 Å². The molecule has 0 heterocycles. The van der Waals surface area contributed by atoms with Crippen LogP contribution in [0.5, 0.6) is 0 Å². The molecule has 2 amide bonds. The number of nitrogens with zero attached hydrogens (tertiary/aromatic N) is 1. The lowest BCUT2D eigenvalue weighted by molar-refractivity contribution is 0.0772. The number of benzene rings is 2. The maximum Gasteiger partial charge on any atom is 0.258 e. The second kappa shape index (κ2) is 8.06. The highest BCUT2D eigenvalue weighted by atomic mass is 79.9. The lowest BCUT2D eigenvalue weighted by atomic mass is 10.1. The number of hydrogen-bond acceptors (Lipinski definition) is 2. The second-order valence-electron chi connectivity index (χ2n) is 5.14. The molecule has 2 aromatic rings. The van der Waals surface area contributed by atoms with Gasteiger partial charge in [0.2, 0.25) is 0 Å². The van der Waals surface area contributed by atoms with Gasteiger partial charge in [0.25, 0.3) is 11.8 Å². The quantitative estimate of drug-likeness (QED) is 0.823. The van der Waals surface area contributed by atoms with Gasteiger partial charge in [0.15, 0.2) is 0 Å². The van der Waals surface area contributed by atoms with Crippen molar-refractivity contribution >= 4 is 33.4 Å². The Kier molecular flexibility index (Phi) is 6.09. The minimum atomic E-state index is -0.605. The number of halogens is 2. The highest BCUT2D eigenvalue weighted by molar-refractivity contribution is 9.10. The van der Waals surface area contributed by atoms with E-state index >= 15 is 0 Å². The van der Waals surface area contributed by atoms with Crippen molar-refractivity contribution in [3.05, 3.63) is 63.9 Å². The third-order valence-corrected chi connectivity index (χ3v) is 4.08. The molecule has 4 nitrogen and oxygen atoms in total. The smallest absolute Gasteiger partial charge is 0.258 e. The zero-order valence-corrected chi connectivity index (χ0v) is 15.1. The molecule has 2 rings (SSSR count). The highest BCUT2D eigenvalue weighted by Crippen LogP contribution is 2.18. The Bertz CT molecular complexity index is 760. The summed E-state index contributed by atoms with van der Waals surface area (Å²) in [7, 11) is 0. The SMILES string of the molecule is CCN(CC)C(=O)c1cccc(NC(=O)c2cc(Br)ccc2F)c1. The molecule has 2 aromatic carbocycles. The largest absolute Gasteiger partial charge is 0.339 e. The molecule has 126 valence electrons. The molecular formula is C18H18BrFN2O2. The molecular weight excluding hydrogens is 375 g/mol. The zero-order valence-electron chi connectivity index (χ0n) is 13.5. The molecule has 6 heteroatoms. The molecule has 0 saturated heterocycles. The molecule has 24 heavy (non-hydrogen) atoms. The lowest BCUT2D eigenvalue weighted by Gasteiger charge is -2.19. The molecule has 0 aliphatic carbocycles. The van der Waals surface area contributed by atoms with Crippen molar-refractivity contribution in [2.45, 2.75) is 13.8 Å². The predicted molar refractivity (Wildman–Crippen MR) is 95.7 cm³/mol. The van der Waals surface area contributed by atoms with Gasteiger partial charge in [-0.1, -0.05) is 22.0 Å². The van der Waals surface area contributed by atoms with Crippen LogP contribution in [0.3, 0.4) is 0 Å². The van der Waals surface area contributed by atoms with E-state index in [1.807, 2.05) is 13.8 Å². The van der Waals surface area contributed by atoms with Crippen LogP contribution in [0, 0.1) is 5.82 Å². The van der Waals surface area contributed by atoms with Gasteiger partial charge in [0.05, 0.1) is 5.56 Å². The molecule has 0 fully saturated rings. The van der Waals surface area contributed by atoms with E-state index in [0.717, 1.165) is 0 Å². The van der Waals surface area contributed by atoms with E-state index < -0.39 is 11.7 Å². The summed E-state index contributed by atoms with van der Waals surface area (Å²) in [6.07, 6.45) is 0. The van der Waals surface area contributed by atoms with Gasteiger partial charge in [-0.25, -0.2) is 4.39 Å². The van der Waals surface area contributed by atoms with Crippen molar-refractivity contribution in [1.29, 1.82) is 0 Å². The minimum absolute atomic E-state index is 0.0650. The first-order valence-corrected chi connectivity index (χ1v) is 8.41.